The quantitative estimate of drug-likeness (QED) is 0.0350. The second kappa shape index (κ2) is 41.6. The van der Waals surface area contributed by atoms with Crippen molar-refractivity contribution in [1.82, 2.24) is 0 Å². The van der Waals surface area contributed by atoms with Crippen LogP contribution in [0.5, 0.6) is 5.75 Å². The Morgan fingerprint density at radius 1 is 0.288 bits per heavy atom. The van der Waals surface area contributed by atoms with Crippen LogP contribution in [0.2, 0.25) is 0 Å². The summed E-state index contributed by atoms with van der Waals surface area (Å²) in [5.41, 5.74) is 6.92. The maximum Gasteiger partial charge on any atom is 0.416 e. The fourth-order valence-electron chi connectivity index (χ4n) is 14.5. The molecule has 132 heavy (non-hydrogen) atoms. The maximum absolute atomic E-state index is 13.2. The summed E-state index contributed by atoms with van der Waals surface area (Å²) in [6.07, 6.45) is -12.1. The Morgan fingerprint density at radius 2 is 0.621 bits per heavy atom. The number of nitrogens with one attached hydrogen (secondary N) is 6. The van der Waals surface area contributed by atoms with Gasteiger partial charge in [0.15, 0.2) is 0 Å². The molecule has 0 radical (unpaired) electrons. The standard InChI is InChI=1S/C36H23N5O3.C34H28F6N2O2.C34H24F6N2O2/c37-20-25-5-3-8-31(15-25)40-35(42)29-17-30(36(43)41-32-9-4-6-26(16-32)21-38)19-33(18-29)44-23-24-11-13-27(14-12-24)34-10-2-1-7-28(34)22-39;2*35-33(36,37)27-7-3-9-29(19-27)41-31(43)25-16-22(12-11-21-13-14-23-5-1-2-6-24(23)15-21)17-26(18-25)32(44)42-30-10-4-8-28(20-30)34(38,39)40/h1-19H,23H2,(H,40,42)(H,41,43);3-4,7-10,13-20H,1-2,5-6,11-12H2,(H,41,43)(H,42,44);1-10,13-20H,11-12H2,(H,41,43)(H,42,44). The Labute approximate surface area is 748 Å². The Morgan fingerprint density at radius 3 is 1.02 bits per heavy atom. The van der Waals surface area contributed by atoms with Crippen molar-refractivity contribution in [2.75, 3.05) is 31.9 Å². The minimum absolute atomic E-state index is 0.00684. The first-order chi connectivity index (χ1) is 63.1. The number of fused-ring (bicyclic) bond motifs is 2. The first-order valence-electron chi connectivity index (χ1n) is 41.0. The third kappa shape index (κ3) is 25.5. The van der Waals surface area contributed by atoms with Crippen LogP contribution < -0.4 is 36.6 Å². The van der Waals surface area contributed by atoms with Gasteiger partial charge in [-0.25, -0.2) is 0 Å². The Hall–Kier alpha value is -16.4. The zero-order valence-electron chi connectivity index (χ0n) is 69.5. The van der Waals surface area contributed by atoms with Crippen LogP contribution in [0.25, 0.3) is 21.9 Å². The molecule has 28 heteroatoms. The van der Waals surface area contributed by atoms with Crippen LogP contribution in [-0.4, -0.2) is 35.4 Å². The predicted octanol–water partition coefficient (Wildman–Crippen LogP) is 25.1. The van der Waals surface area contributed by atoms with E-state index in [1.807, 2.05) is 97.1 Å². The molecule has 6 N–H and O–H groups in total. The van der Waals surface area contributed by atoms with E-state index in [0.29, 0.717) is 70.6 Å². The minimum Gasteiger partial charge on any atom is -0.489 e. The monoisotopic (exact) mass is 1790 g/mol. The summed E-state index contributed by atoms with van der Waals surface area (Å²) in [5, 5.41) is 45.2. The summed E-state index contributed by atoms with van der Waals surface area (Å²) in [5.74, 6) is -3.70. The fraction of sp³-hybridized carbons (Fsp3) is 0.125. The lowest BCUT2D eigenvalue weighted by Crippen LogP contribution is -2.17. The fourth-order valence-corrected chi connectivity index (χ4v) is 14.5. The van der Waals surface area contributed by atoms with Gasteiger partial charge in [0.2, 0.25) is 0 Å². The van der Waals surface area contributed by atoms with Gasteiger partial charge in [-0.05, 0) is 282 Å². The molecule has 1 aliphatic carbocycles. The van der Waals surface area contributed by atoms with Gasteiger partial charge >= 0.3 is 24.7 Å². The third-order valence-corrected chi connectivity index (χ3v) is 21.1. The molecule has 0 aliphatic heterocycles. The topological polar surface area (TPSA) is 255 Å². The first-order valence-corrected chi connectivity index (χ1v) is 41.0. The van der Waals surface area contributed by atoms with E-state index in [0.717, 1.165) is 125 Å². The molecule has 14 aromatic rings. The molecule has 0 saturated carbocycles. The highest BCUT2D eigenvalue weighted by Gasteiger charge is 2.34. The molecule has 16 nitrogen and oxygen atoms in total. The zero-order chi connectivity index (χ0) is 93.9. The average Bonchev–Trinajstić information content (AvgIpc) is 0.828. The Kier molecular flexibility index (Phi) is 29.4. The van der Waals surface area contributed by atoms with Crippen LogP contribution in [-0.2, 0) is 69.8 Å². The number of anilines is 6. The number of amides is 6. The van der Waals surface area contributed by atoms with E-state index in [4.69, 9.17) is 4.74 Å². The SMILES string of the molecule is N#Cc1cccc(NC(=O)c2cc(OCc3ccc(-c4ccccc4C#N)cc3)cc(C(=O)Nc3cccc(C#N)c3)c2)c1.O=C(Nc1cccc(C(F)(F)F)c1)c1cc(CCc2ccc3c(c2)CCCC3)cc(C(=O)Nc2cccc(C(F)(F)F)c2)c1.O=C(Nc1cccc(C(F)(F)F)c1)c1cc(CCc2ccc3ccccc3c2)cc(C(=O)Nc2cccc(C(F)(F)F)c2)c1. The number of halogens is 12. The van der Waals surface area contributed by atoms with Gasteiger partial charge in [0.1, 0.15) is 12.4 Å². The molecule has 0 bridgehead atoms. The lowest BCUT2D eigenvalue weighted by molar-refractivity contribution is -0.138. The number of rotatable bonds is 22. The summed E-state index contributed by atoms with van der Waals surface area (Å²) in [7, 11) is 0. The second-order valence-corrected chi connectivity index (χ2v) is 30.6. The van der Waals surface area contributed by atoms with Crippen molar-refractivity contribution in [2.45, 2.75) is 82.7 Å². The average molecular weight is 1790 g/mol. The largest absolute Gasteiger partial charge is 0.489 e. The number of nitriles is 3. The summed E-state index contributed by atoms with van der Waals surface area (Å²) in [4.78, 5) is 79.3. The summed E-state index contributed by atoms with van der Waals surface area (Å²) in [6, 6.07) is 84.2. The highest BCUT2D eigenvalue weighted by Crippen LogP contribution is 2.37. The van der Waals surface area contributed by atoms with Crippen molar-refractivity contribution in [2.24, 2.45) is 0 Å². The molecule has 6 amide bonds. The van der Waals surface area contributed by atoms with E-state index in [1.54, 1.807) is 66.7 Å². The van der Waals surface area contributed by atoms with Crippen LogP contribution in [0, 0.1) is 34.0 Å². The molecule has 0 spiro atoms. The summed E-state index contributed by atoms with van der Waals surface area (Å²) < 4.78 is 164. The van der Waals surface area contributed by atoms with Gasteiger partial charge in [0.25, 0.3) is 35.4 Å². The van der Waals surface area contributed by atoms with E-state index in [2.05, 4.69) is 56.2 Å². The smallest absolute Gasteiger partial charge is 0.416 e. The molecule has 14 aromatic carbocycles. The number of hydrogen-bond acceptors (Lipinski definition) is 10. The van der Waals surface area contributed by atoms with Gasteiger partial charge in [-0.15, -0.1) is 0 Å². The second-order valence-electron chi connectivity index (χ2n) is 30.6. The van der Waals surface area contributed by atoms with E-state index >= 15 is 0 Å². The molecule has 0 heterocycles. The number of nitrogens with zero attached hydrogens (tertiary/aromatic N) is 3. The molecular weight excluding hydrogens is 1720 g/mol. The van der Waals surface area contributed by atoms with Crippen LogP contribution in [0.4, 0.5) is 86.8 Å². The normalized spacial score (nSPS) is 11.7. The van der Waals surface area contributed by atoms with Crippen LogP contribution in [0.1, 0.15) is 153 Å². The number of hydrogen-bond donors (Lipinski definition) is 6. The van der Waals surface area contributed by atoms with E-state index in [1.165, 1.54) is 90.0 Å². The van der Waals surface area contributed by atoms with Gasteiger partial charge in [-0.1, -0.05) is 140 Å². The maximum atomic E-state index is 13.2. The number of alkyl halides is 12. The van der Waals surface area contributed by atoms with Crippen LogP contribution in [0.15, 0.2) is 309 Å². The minimum atomic E-state index is -4.61. The lowest BCUT2D eigenvalue weighted by Gasteiger charge is -2.17. The van der Waals surface area contributed by atoms with Gasteiger partial charge in [-0.2, -0.15) is 68.5 Å². The van der Waals surface area contributed by atoms with Crippen molar-refractivity contribution in [3.63, 3.8) is 0 Å². The van der Waals surface area contributed by atoms with Gasteiger partial charge < -0.3 is 36.6 Å². The number of benzene rings is 14. The third-order valence-electron chi connectivity index (χ3n) is 21.1. The number of carbonyl (C=O) groups is 6. The van der Waals surface area contributed by atoms with Crippen molar-refractivity contribution in [1.29, 1.82) is 15.8 Å². The zero-order valence-corrected chi connectivity index (χ0v) is 69.5. The summed E-state index contributed by atoms with van der Waals surface area (Å²) in [6.45, 7) is 0.154. The highest BCUT2D eigenvalue weighted by atomic mass is 19.4. The number of carbonyl (C=O) groups excluding carboxylic acids is 6. The first kappa shape index (κ1) is 93.2. The highest BCUT2D eigenvalue weighted by molar-refractivity contribution is 6.12. The molecule has 15 rings (SSSR count). The van der Waals surface area contributed by atoms with Crippen molar-refractivity contribution in [3.05, 3.63) is 421 Å². The van der Waals surface area contributed by atoms with Crippen LogP contribution >= 0.6 is 0 Å². The molecule has 0 unspecified atom stereocenters. The lowest BCUT2D eigenvalue weighted by atomic mass is 9.89. The number of aryl methyl sites for hydroxylation is 6. The molecule has 0 saturated heterocycles. The Bertz CT molecular complexity index is 6560. The number of ether oxygens (including phenoxy) is 1. The van der Waals surface area contributed by atoms with E-state index < -0.39 is 82.4 Å². The molecule has 1 aliphatic rings. The van der Waals surface area contributed by atoms with Crippen molar-refractivity contribution >= 4 is 80.3 Å². The van der Waals surface area contributed by atoms with Gasteiger partial charge in [0.05, 0.1) is 57.2 Å². The van der Waals surface area contributed by atoms with Crippen molar-refractivity contribution in [3.8, 4) is 35.1 Å². The van der Waals surface area contributed by atoms with Crippen molar-refractivity contribution < 1.29 is 86.2 Å². The predicted molar refractivity (Wildman–Crippen MR) is 478 cm³/mol. The molecule has 0 atom stereocenters. The molecule has 0 aromatic heterocycles. The Balaban J connectivity index is 0.000000168. The molecule has 662 valence electrons. The summed E-state index contributed by atoms with van der Waals surface area (Å²) >= 11 is 0. The van der Waals surface area contributed by atoms with Crippen LogP contribution in [0.3, 0.4) is 0 Å². The molecule has 0 fully saturated rings. The van der Waals surface area contributed by atoms with Gasteiger partial charge in [0, 0.05) is 67.5 Å². The van der Waals surface area contributed by atoms with E-state index in [9.17, 15) is 97.2 Å². The van der Waals surface area contributed by atoms with E-state index in [-0.39, 0.29) is 62.7 Å². The molecular formula is C104H75F12N9O7. The van der Waals surface area contributed by atoms with Gasteiger partial charge in [-0.3, -0.25) is 28.8 Å².